The fourth-order valence-electron chi connectivity index (χ4n) is 3.09. The zero-order valence-electron chi connectivity index (χ0n) is 13.9. The molecule has 2 heterocycles. The van der Waals surface area contributed by atoms with E-state index < -0.39 is 0 Å². The van der Waals surface area contributed by atoms with Gasteiger partial charge >= 0.3 is 0 Å². The van der Waals surface area contributed by atoms with E-state index in [2.05, 4.69) is 46.6 Å². The van der Waals surface area contributed by atoms with Gasteiger partial charge in [-0.25, -0.2) is 9.67 Å². The van der Waals surface area contributed by atoms with Crippen molar-refractivity contribution in [3.63, 3.8) is 0 Å². The van der Waals surface area contributed by atoms with Crippen molar-refractivity contribution in [2.24, 2.45) is 0 Å². The largest absolute Gasteiger partial charge is 0.305 e. The highest BCUT2D eigenvalue weighted by Crippen LogP contribution is 2.38. The number of rotatable bonds is 6. The lowest BCUT2D eigenvalue weighted by molar-refractivity contribution is 0.418. The van der Waals surface area contributed by atoms with E-state index in [-0.39, 0.29) is 6.04 Å². The first-order valence-corrected chi connectivity index (χ1v) is 9.40. The van der Waals surface area contributed by atoms with Crippen molar-refractivity contribution in [3.05, 3.63) is 64.4 Å². The SMILES string of the molecule is C[C@H](NCc1cnc(C2CCC2)s1)c1ccccc1-n1cccn1. The van der Waals surface area contributed by atoms with Crippen LogP contribution in [0.25, 0.3) is 5.69 Å². The number of hydrogen-bond donors (Lipinski definition) is 1. The Morgan fingerprint density at radius 1 is 1.29 bits per heavy atom. The third-order valence-electron chi connectivity index (χ3n) is 4.76. The molecule has 1 atom stereocenters. The van der Waals surface area contributed by atoms with Crippen molar-refractivity contribution < 1.29 is 0 Å². The lowest BCUT2D eigenvalue weighted by atomic mass is 9.86. The van der Waals surface area contributed by atoms with Gasteiger partial charge < -0.3 is 5.32 Å². The Labute approximate surface area is 146 Å². The molecule has 0 bridgehead atoms. The van der Waals surface area contributed by atoms with Crippen LogP contribution in [0.2, 0.25) is 0 Å². The third-order valence-corrected chi connectivity index (χ3v) is 5.92. The second-order valence-corrected chi connectivity index (χ2v) is 7.55. The van der Waals surface area contributed by atoms with Crippen LogP contribution in [0.15, 0.2) is 48.9 Å². The number of nitrogens with zero attached hydrogens (tertiary/aromatic N) is 3. The fourth-order valence-corrected chi connectivity index (χ4v) is 4.12. The second-order valence-electron chi connectivity index (χ2n) is 6.40. The number of para-hydroxylation sites is 1. The van der Waals surface area contributed by atoms with Crippen molar-refractivity contribution >= 4 is 11.3 Å². The standard InChI is InChI=1S/C19H22N4S/c1-14(17-8-2-3-9-18(17)23-11-5-10-22-23)20-12-16-13-21-19(24-16)15-6-4-7-15/h2-3,5,8-11,13-15,20H,4,6-7,12H2,1H3/t14-/m0/s1. The van der Waals surface area contributed by atoms with Gasteiger partial charge in [0.25, 0.3) is 0 Å². The van der Waals surface area contributed by atoms with Gasteiger partial charge in [0.05, 0.1) is 10.7 Å². The summed E-state index contributed by atoms with van der Waals surface area (Å²) >= 11 is 1.86. The van der Waals surface area contributed by atoms with Crippen LogP contribution in [0, 0.1) is 0 Å². The molecule has 0 spiro atoms. The third kappa shape index (κ3) is 3.14. The Morgan fingerprint density at radius 2 is 2.17 bits per heavy atom. The van der Waals surface area contributed by atoms with Gasteiger partial charge in [-0.15, -0.1) is 11.3 Å². The number of nitrogens with one attached hydrogen (secondary N) is 1. The van der Waals surface area contributed by atoms with Crippen LogP contribution in [0.4, 0.5) is 0 Å². The maximum Gasteiger partial charge on any atom is 0.0959 e. The lowest BCUT2D eigenvalue weighted by Crippen LogP contribution is -2.19. The normalized spacial score (nSPS) is 16.0. The van der Waals surface area contributed by atoms with Crippen molar-refractivity contribution in [1.29, 1.82) is 0 Å². The molecule has 24 heavy (non-hydrogen) atoms. The minimum absolute atomic E-state index is 0.250. The molecule has 0 amide bonds. The highest BCUT2D eigenvalue weighted by molar-refractivity contribution is 7.11. The van der Waals surface area contributed by atoms with E-state index in [9.17, 15) is 0 Å². The van der Waals surface area contributed by atoms with Gasteiger partial charge in [-0.05, 0) is 37.5 Å². The van der Waals surface area contributed by atoms with E-state index in [1.54, 1.807) is 0 Å². The van der Waals surface area contributed by atoms with E-state index in [1.165, 1.54) is 34.7 Å². The van der Waals surface area contributed by atoms with Gasteiger partial charge in [-0.2, -0.15) is 5.10 Å². The average Bonchev–Trinajstić information content (AvgIpc) is 3.23. The Kier molecular flexibility index (Phi) is 4.45. The van der Waals surface area contributed by atoms with E-state index in [0.29, 0.717) is 0 Å². The van der Waals surface area contributed by atoms with E-state index in [1.807, 2.05) is 40.7 Å². The van der Waals surface area contributed by atoms with Crippen molar-refractivity contribution in [2.45, 2.75) is 44.7 Å². The van der Waals surface area contributed by atoms with Crippen LogP contribution >= 0.6 is 11.3 Å². The molecular weight excluding hydrogens is 316 g/mol. The highest BCUT2D eigenvalue weighted by Gasteiger charge is 2.22. The first-order chi connectivity index (χ1) is 11.8. The smallest absolute Gasteiger partial charge is 0.0959 e. The van der Waals surface area contributed by atoms with E-state index >= 15 is 0 Å². The summed E-state index contributed by atoms with van der Waals surface area (Å²) in [6, 6.07) is 10.6. The topological polar surface area (TPSA) is 42.7 Å². The van der Waals surface area contributed by atoms with Gasteiger partial charge in [0.2, 0.25) is 0 Å². The van der Waals surface area contributed by atoms with Gasteiger partial charge in [0.1, 0.15) is 0 Å². The summed E-state index contributed by atoms with van der Waals surface area (Å²) in [5.41, 5.74) is 2.38. The number of thiazole rings is 1. The summed E-state index contributed by atoms with van der Waals surface area (Å²) in [5.74, 6) is 0.724. The molecule has 3 aromatic rings. The first kappa shape index (κ1) is 15.5. The molecule has 0 aliphatic heterocycles. The maximum absolute atomic E-state index is 4.61. The molecule has 0 saturated heterocycles. The minimum Gasteiger partial charge on any atom is -0.305 e. The highest BCUT2D eigenvalue weighted by atomic mass is 32.1. The molecule has 5 heteroatoms. The summed E-state index contributed by atoms with van der Waals surface area (Å²) in [7, 11) is 0. The minimum atomic E-state index is 0.250. The summed E-state index contributed by atoms with van der Waals surface area (Å²) in [4.78, 5) is 5.93. The molecule has 1 saturated carbocycles. The quantitative estimate of drug-likeness (QED) is 0.722. The summed E-state index contributed by atoms with van der Waals surface area (Å²) in [5, 5.41) is 9.32. The first-order valence-electron chi connectivity index (χ1n) is 8.58. The van der Waals surface area contributed by atoms with Crippen molar-refractivity contribution in [3.8, 4) is 5.69 Å². The Bertz CT molecular complexity index is 789. The van der Waals surface area contributed by atoms with Crippen molar-refractivity contribution in [2.75, 3.05) is 0 Å². The van der Waals surface area contributed by atoms with Crippen LogP contribution in [0.5, 0.6) is 0 Å². The lowest BCUT2D eigenvalue weighted by Gasteiger charge is -2.22. The molecule has 0 unspecified atom stereocenters. The average molecular weight is 338 g/mol. The molecule has 1 fully saturated rings. The molecule has 1 N–H and O–H groups in total. The summed E-state index contributed by atoms with van der Waals surface area (Å²) < 4.78 is 1.93. The van der Waals surface area contributed by atoms with Gasteiger partial charge in [0.15, 0.2) is 0 Å². The molecule has 1 aromatic carbocycles. The van der Waals surface area contributed by atoms with Crippen LogP contribution in [0.1, 0.15) is 53.6 Å². The second kappa shape index (κ2) is 6.87. The molecule has 0 radical (unpaired) electrons. The molecule has 1 aliphatic carbocycles. The van der Waals surface area contributed by atoms with E-state index in [4.69, 9.17) is 0 Å². The Morgan fingerprint density at radius 3 is 2.92 bits per heavy atom. The number of benzene rings is 1. The van der Waals surface area contributed by atoms with E-state index in [0.717, 1.165) is 18.2 Å². The maximum atomic E-state index is 4.61. The predicted octanol–water partition coefficient (Wildman–Crippen LogP) is 4.45. The molecular formula is C19H22N4S. The van der Waals surface area contributed by atoms with Gasteiger partial charge in [-0.3, -0.25) is 0 Å². The summed E-state index contributed by atoms with van der Waals surface area (Å²) in [6.07, 6.45) is 9.83. The Hall–Kier alpha value is -1.98. The predicted molar refractivity (Wildman–Crippen MR) is 97.5 cm³/mol. The molecule has 124 valence electrons. The fraction of sp³-hybridized carbons (Fsp3) is 0.368. The zero-order chi connectivity index (χ0) is 16.4. The number of aromatic nitrogens is 3. The van der Waals surface area contributed by atoms with Crippen LogP contribution in [-0.2, 0) is 6.54 Å². The van der Waals surface area contributed by atoms with Crippen LogP contribution in [-0.4, -0.2) is 14.8 Å². The number of hydrogen-bond acceptors (Lipinski definition) is 4. The molecule has 2 aromatic heterocycles. The van der Waals surface area contributed by atoms with Crippen LogP contribution < -0.4 is 5.32 Å². The molecule has 4 rings (SSSR count). The van der Waals surface area contributed by atoms with Crippen LogP contribution in [0.3, 0.4) is 0 Å². The monoisotopic (exact) mass is 338 g/mol. The Balaban J connectivity index is 1.45. The molecule has 1 aliphatic rings. The zero-order valence-corrected chi connectivity index (χ0v) is 14.7. The van der Waals surface area contributed by atoms with Gasteiger partial charge in [-0.1, -0.05) is 24.6 Å². The van der Waals surface area contributed by atoms with Gasteiger partial charge in [0, 0.05) is 42.0 Å². The summed E-state index contributed by atoms with van der Waals surface area (Å²) in [6.45, 7) is 3.06. The van der Waals surface area contributed by atoms with Crippen molar-refractivity contribution in [1.82, 2.24) is 20.1 Å². The molecule has 4 nitrogen and oxygen atoms in total.